The molecule has 0 aliphatic carbocycles. The van der Waals surface area contributed by atoms with Crippen molar-refractivity contribution in [3.63, 3.8) is 0 Å². The minimum absolute atomic E-state index is 0.103. The van der Waals surface area contributed by atoms with Gasteiger partial charge in [-0.2, -0.15) is 0 Å². The van der Waals surface area contributed by atoms with Gasteiger partial charge in [0.2, 0.25) is 0 Å². The number of nitrogens with zero attached hydrogens (tertiary/aromatic N) is 1. The Balaban J connectivity index is 2.07. The van der Waals surface area contributed by atoms with Crippen molar-refractivity contribution in [1.29, 1.82) is 0 Å². The Morgan fingerprint density at radius 3 is 2.44 bits per heavy atom. The Morgan fingerprint density at radius 1 is 1.25 bits per heavy atom. The highest BCUT2D eigenvalue weighted by Crippen LogP contribution is 2.06. The number of amides is 1. The van der Waals surface area contributed by atoms with E-state index in [-0.39, 0.29) is 5.91 Å². The average Bonchev–Trinajstić information content (AvgIpc) is 2.39. The Bertz CT molecular complexity index is 358. The predicted octanol–water partition coefficient (Wildman–Crippen LogP) is 0.537. The van der Waals surface area contributed by atoms with Crippen LogP contribution in [0.2, 0.25) is 6.82 Å². The summed E-state index contributed by atoms with van der Waals surface area (Å²) in [6.45, 7) is 4.67. The molecule has 1 amide bonds. The predicted molar refractivity (Wildman–Crippen MR) is 64.4 cm³/mol. The van der Waals surface area contributed by atoms with E-state index >= 15 is 0 Å². The molecule has 0 atom stereocenters. The van der Waals surface area contributed by atoms with Crippen LogP contribution in [0.1, 0.15) is 10.4 Å². The monoisotopic (exact) mass is 216 g/mol. The fourth-order valence-electron chi connectivity index (χ4n) is 1.77. The van der Waals surface area contributed by atoms with Crippen molar-refractivity contribution in [1.82, 2.24) is 4.90 Å². The molecule has 1 saturated heterocycles. The first-order valence-corrected chi connectivity index (χ1v) is 5.57. The van der Waals surface area contributed by atoms with Crippen LogP contribution in [-0.2, 0) is 4.74 Å². The van der Waals surface area contributed by atoms with Crippen molar-refractivity contribution in [2.45, 2.75) is 6.82 Å². The second-order valence-corrected chi connectivity index (χ2v) is 3.82. The van der Waals surface area contributed by atoms with Gasteiger partial charge in [0.15, 0.2) is 0 Å². The summed E-state index contributed by atoms with van der Waals surface area (Å²) in [6.07, 6.45) is 0. The van der Waals surface area contributed by atoms with E-state index in [2.05, 4.69) is 0 Å². The van der Waals surface area contributed by atoms with Crippen molar-refractivity contribution in [3.8, 4) is 0 Å². The first kappa shape index (κ1) is 11.2. The van der Waals surface area contributed by atoms with Gasteiger partial charge < -0.3 is 9.64 Å². The summed E-state index contributed by atoms with van der Waals surface area (Å²) in [6, 6.07) is 7.70. The fourth-order valence-corrected chi connectivity index (χ4v) is 1.77. The SMILES string of the molecule is C[B]c1ccc(C(=O)N2CCOCC2)cc1. The zero-order chi connectivity index (χ0) is 11.4. The van der Waals surface area contributed by atoms with Gasteiger partial charge in [-0.15, -0.1) is 0 Å². The van der Waals surface area contributed by atoms with Gasteiger partial charge in [-0.3, -0.25) is 4.79 Å². The van der Waals surface area contributed by atoms with Gasteiger partial charge in [0, 0.05) is 18.7 Å². The Morgan fingerprint density at radius 2 is 1.88 bits per heavy atom. The molecule has 2 rings (SSSR count). The maximum absolute atomic E-state index is 12.1. The maximum Gasteiger partial charge on any atom is 0.254 e. The first-order chi connectivity index (χ1) is 7.81. The zero-order valence-corrected chi connectivity index (χ0v) is 9.48. The number of morpholine rings is 1. The van der Waals surface area contributed by atoms with Crippen LogP contribution in [0, 0.1) is 0 Å². The number of carbonyl (C=O) groups excluding carboxylic acids is 1. The van der Waals surface area contributed by atoms with E-state index < -0.39 is 0 Å². The Hall–Kier alpha value is -1.29. The van der Waals surface area contributed by atoms with Crippen LogP contribution in [0.3, 0.4) is 0 Å². The van der Waals surface area contributed by atoms with Gasteiger partial charge in [-0.25, -0.2) is 0 Å². The molecule has 0 spiro atoms. The number of hydrogen-bond donors (Lipinski definition) is 0. The third-order valence-corrected chi connectivity index (χ3v) is 2.79. The maximum atomic E-state index is 12.1. The van der Waals surface area contributed by atoms with Crippen LogP contribution < -0.4 is 5.46 Å². The summed E-state index contributed by atoms with van der Waals surface area (Å²) in [5.74, 6) is 0.103. The highest BCUT2D eigenvalue weighted by molar-refractivity contribution is 6.51. The molecule has 3 nitrogen and oxygen atoms in total. The molecule has 0 aromatic heterocycles. The molecule has 1 aromatic carbocycles. The molecule has 1 aromatic rings. The number of hydrogen-bond acceptors (Lipinski definition) is 2. The number of ether oxygens (including phenoxy) is 1. The van der Waals surface area contributed by atoms with E-state index in [9.17, 15) is 4.79 Å². The van der Waals surface area contributed by atoms with E-state index in [0.717, 1.165) is 11.0 Å². The lowest BCUT2D eigenvalue weighted by Crippen LogP contribution is -2.40. The molecule has 1 radical (unpaired) electrons. The van der Waals surface area contributed by atoms with E-state index in [1.165, 1.54) is 0 Å². The summed E-state index contributed by atoms with van der Waals surface area (Å²) in [7, 11) is 2.02. The summed E-state index contributed by atoms with van der Waals surface area (Å²) in [5.41, 5.74) is 1.89. The second-order valence-electron chi connectivity index (χ2n) is 3.82. The van der Waals surface area contributed by atoms with Crippen molar-refractivity contribution in [3.05, 3.63) is 29.8 Å². The van der Waals surface area contributed by atoms with Crippen LogP contribution in [0.4, 0.5) is 0 Å². The smallest absolute Gasteiger partial charge is 0.254 e. The van der Waals surface area contributed by atoms with Crippen LogP contribution in [-0.4, -0.2) is 44.4 Å². The molecule has 0 bridgehead atoms. The molecule has 0 unspecified atom stereocenters. The van der Waals surface area contributed by atoms with Crippen molar-refractivity contribution < 1.29 is 9.53 Å². The number of benzene rings is 1. The van der Waals surface area contributed by atoms with Crippen LogP contribution in [0.15, 0.2) is 24.3 Å². The largest absolute Gasteiger partial charge is 0.378 e. The number of rotatable bonds is 2. The Labute approximate surface area is 96.6 Å². The van der Waals surface area contributed by atoms with E-state index in [1.807, 2.05) is 43.3 Å². The lowest BCUT2D eigenvalue weighted by Gasteiger charge is -2.26. The van der Waals surface area contributed by atoms with E-state index in [0.29, 0.717) is 26.3 Å². The molecule has 1 aliphatic rings. The molecule has 1 aliphatic heterocycles. The molecule has 0 N–H and O–H groups in total. The van der Waals surface area contributed by atoms with Gasteiger partial charge in [0.1, 0.15) is 7.28 Å². The Kier molecular flexibility index (Phi) is 3.62. The van der Waals surface area contributed by atoms with Gasteiger partial charge in [-0.05, 0) is 0 Å². The molecule has 0 saturated carbocycles. The standard InChI is InChI=1S/C12H15BNO2/c1-13-11-4-2-10(3-5-11)12(15)14-6-8-16-9-7-14/h2-5H,6-9H2,1H3. The highest BCUT2D eigenvalue weighted by atomic mass is 16.5. The second kappa shape index (κ2) is 5.17. The molecule has 83 valence electrons. The summed E-state index contributed by atoms with van der Waals surface area (Å²) in [4.78, 5) is 13.9. The lowest BCUT2D eigenvalue weighted by molar-refractivity contribution is 0.0303. The quantitative estimate of drug-likeness (QED) is 0.675. The van der Waals surface area contributed by atoms with Gasteiger partial charge in [0.05, 0.1) is 13.2 Å². The van der Waals surface area contributed by atoms with Crippen molar-refractivity contribution in [2.24, 2.45) is 0 Å². The van der Waals surface area contributed by atoms with Crippen molar-refractivity contribution in [2.75, 3.05) is 26.3 Å². The molecule has 4 heteroatoms. The molecule has 16 heavy (non-hydrogen) atoms. The molecular formula is C12H15BNO2. The minimum atomic E-state index is 0.103. The van der Waals surface area contributed by atoms with Crippen LogP contribution >= 0.6 is 0 Å². The third-order valence-electron chi connectivity index (χ3n) is 2.79. The first-order valence-electron chi connectivity index (χ1n) is 5.57. The van der Waals surface area contributed by atoms with Crippen molar-refractivity contribution >= 4 is 18.6 Å². The van der Waals surface area contributed by atoms with Crippen LogP contribution in [0.25, 0.3) is 0 Å². The number of carbonyl (C=O) groups is 1. The fraction of sp³-hybridized carbons (Fsp3) is 0.417. The van der Waals surface area contributed by atoms with E-state index in [4.69, 9.17) is 4.74 Å². The summed E-state index contributed by atoms with van der Waals surface area (Å²) in [5, 5.41) is 0. The van der Waals surface area contributed by atoms with Gasteiger partial charge >= 0.3 is 0 Å². The minimum Gasteiger partial charge on any atom is -0.378 e. The third kappa shape index (κ3) is 2.45. The van der Waals surface area contributed by atoms with E-state index in [1.54, 1.807) is 0 Å². The zero-order valence-electron chi connectivity index (χ0n) is 9.48. The average molecular weight is 216 g/mol. The highest BCUT2D eigenvalue weighted by Gasteiger charge is 2.17. The normalized spacial score (nSPS) is 15.9. The lowest BCUT2D eigenvalue weighted by atomic mass is 9.73. The van der Waals surface area contributed by atoms with Gasteiger partial charge in [0.25, 0.3) is 5.91 Å². The molecular weight excluding hydrogens is 201 g/mol. The van der Waals surface area contributed by atoms with Gasteiger partial charge in [-0.1, -0.05) is 36.6 Å². The summed E-state index contributed by atoms with van der Waals surface area (Å²) >= 11 is 0. The van der Waals surface area contributed by atoms with Crippen LogP contribution in [0.5, 0.6) is 0 Å². The summed E-state index contributed by atoms with van der Waals surface area (Å²) < 4.78 is 5.22. The topological polar surface area (TPSA) is 29.5 Å². The molecule has 1 fully saturated rings. The molecule has 1 heterocycles.